The number of hydrogen-bond donors (Lipinski definition) is 2. The van der Waals surface area contributed by atoms with Crippen LogP contribution in [0, 0.1) is 6.92 Å². The Morgan fingerprint density at radius 1 is 1.15 bits per heavy atom. The average molecular weight is 286 g/mol. The average Bonchev–Trinajstić information content (AvgIpc) is 2.47. The highest BCUT2D eigenvalue weighted by Gasteiger charge is 1.99. The van der Waals surface area contributed by atoms with Gasteiger partial charge in [-0.15, -0.1) is 0 Å². The summed E-state index contributed by atoms with van der Waals surface area (Å²) in [5.74, 6) is 0.802. The number of hydrogen-bond acceptors (Lipinski definition) is 2. The van der Waals surface area contributed by atoms with Gasteiger partial charge in [0.1, 0.15) is 5.75 Å². The van der Waals surface area contributed by atoms with E-state index in [2.05, 4.69) is 41.8 Å². The van der Waals surface area contributed by atoms with Crippen molar-refractivity contribution in [2.75, 3.05) is 12.4 Å². The monoisotopic (exact) mass is 286 g/mol. The third-order valence-corrected chi connectivity index (χ3v) is 3.15. The summed E-state index contributed by atoms with van der Waals surface area (Å²) in [4.78, 5) is 0. The zero-order valence-electron chi connectivity index (χ0n) is 11.6. The Labute approximate surface area is 125 Å². The summed E-state index contributed by atoms with van der Waals surface area (Å²) in [6, 6.07) is 16.0. The van der Waals surface area contributed by atoms with Crippen molar-refractivity contribution in [2.24, 2.45) is 0 Å². The van der Waals surface area contributed by atoms with Gasteiger partial charge in [-0.2, -0.15) is 0 Å². The Morgan fingerprint density at radius 3 is 2.60 bits per heavy atom. The Kier molecular flexibility index (Phi) is 4.96. The molecular formula is C16H18N2OS. The van der Waals surface area contributed by atoms with Gasteiger partial charge in [0, 0.05) is 18.3 Å². The molecule has 0 saturated carbocycles. The molecule has 0 aliphatic rings. The maximum absolute atomic E-state index is 5.28. The first-order chi connectivity index (χ1) is 9.67. The lowest BCUT2D eigenvalue weighted by Gasteiger charge is -2.11. The largest absolute Gasteiger partial charge is 0.497 e. The van der Waals surface area contributed by atoms with Crippen LogP contribution < -0.4 is 15.4 Å². The Balaban J connectivity index is 1.87. The highest BCUT2D eigenvalue weighted by Crippen LogP contribution is 2.16. The number of benzene rings is 2. The summed E-state index contributed by atoms with van der Waals surface area (Å²) >= 11 is 5.28. The van der Waals surface area contributed by atoms with Crippen LogP contribution in [-0.2, 0) is 6.54 Å². The first-order valence-corrected chi connectivity index (χ1v) is 6.82. The van der Waals surface area contributed by atoms with Crippen molar-refractivity contribution < 1.29 is 4.74 Å². The van der Waals surface area contributed by atoms with Crippen molar-refractivity contribution >= 4 is 23.0 Å². The smallest absolute Gasteiger partial charge is 0.171 e. The van der Waals surface area contributed by atoms with Crippen LogP contribution >= 0.6 is 12.2 Å². The van der Waals surface area contributed by atoms with E-state index < -0.39 is 0 Å². The van der Waals surface area contributed by atoms with E-state index >= 15 is 0 Å². The van der Waals surface area contributed by atoms with Crippen molar-refractivity contribution in [3.05, 3.63) is 59.7 Å². The number of aryl methyl sites for hydroxylation is 1. The Morgan fingerprint density at radius 2 is 1.90 bits per heavy atom. The minimum Gasteiger partial charge on any atom is -0.497 e. The quantitative estimate of drug-likeness (QED) is 0.843. The van der Waals surface area contributed by atoms with Crippen LogP contribution in [0.2, 0.25) is 0 Å². The topological polar surface area (TPSA) is 33.3 Å². The molecule has 20 heavy (non-hydrogen) atoms. The maximum atomic E-state index is 5.28. The van der Waals surface area contributed by atoms with Crippen LogP contribution in [0.15, 0.2) is 48.5 Å². The van der Waals surface area contributed by atoms with E-state index in [0.29, 0.717) is 11.7 Å². The minimum atomic E-state index is 0.596. The van der Waals surface area contributed by atoms with E-state index in [1.54, 1.807) is 7.11 Å². The fraction of sp³-hybridized carbons (Fsp3) is 0.188. The lowest BCUT2D eigenvalue weighted by molar-refractivity contribution is 0.415. The van der Waals surface area contributed by atoms with Gasteiger partial charge in [0.2, 0.25) is 0 Å². The fourth-order valence-electron chi connectivity index (χ4n) is 1.76. The van der Waals surface area contributed by atoms with Gasteiger partial charge >= 0.3 is 0 Å². The molecule has 0 spiro atoms. The second-order valence-electron chi connectivity index (χ2n) is 4.53. The van der Waals surface area contributed by atoms with Gasteiger partial charge in [-0.3, -0.25) is 0 Å². The molecule has 0 aromatic heterocycles. The molecule has 2 rings (SSSR count). The molecule has 4 heteroatoms. The van der Waals surface area contributed by atoms with Crippen molar-refractivity contribution in [2.45, 2.75) is 13.5 Å². The van der Waals surface area contributed by atoms with Crippen LogP contribution in [0.1, 0.15) is 11.1 Å². The number of anilines is 1. The van der Waals surface area contributed by atoms with Crippen molar-refractivity contribution in [1.29, 1.82) is 0 Å². The van der Waals surface area contributed by atoms with Crippen LogP contribution in [0.5, 0.6) is 5.75 Å². The van der Waals surface area contributed by atoms with Crippen molar-refractivity contribution in [3.8, 4) is 5.75 Å². The minimum absolute atomic E-state index is 0.596. The molecule has 0 bridgehead atoms. The van der Waals surface area contributed by atoms with E-state index in [0.717, 1.165) is 11.4 Å². The first-order valence-electron chi connectivity index (χ1n) is 6.42. The summed E-state index contributed by atoms with van der Waals surface area (Å²) in [6.07, 6.45) is 0. The van der Waals surface area contributed by atoms with Gasteiger partial charge in [0.15, 0.2) is 5.11 Å². The Bertz CT molecular complexity index is 581. The second kappa shape index (κ2) is 6.91. The Hall–Kier alpha value is -2.07. The van der Waals surface area contributed by atoms with Crippen LogP contribution in [-0.4, -0.2) is 12.2 Å². The number of thiocarbonyl (C=S) groups is 1. The SMILES string of the molecule is COc1cccc(NC(=S)NCc2ccc(C)cc2)c1. The number of ether oxygens (including phenoxy) is 1. The lowest BCUT2D eigenvalue weighted by atomic mass is 10.1. The van der Waals surface area contributed by atoms with Gasteiger partial charge in [0.05, 0.1) is 7.11 Å². The summed E-state index contributed by atoms with van der Waals surface area (Å²) in [5.41, 5.74) is 3.36. The molecule has 104 valence electrons. The molecule has 0 radical (unpaired) electrons. The van der Waals surface area contributed by atoms with Crippen molar-refractivity contribution in [1.82, 2.24) is 5.32 Å². The number of methoxy groups -OCH3 is 1. The molecule has 3 nitrogen and oxygen atoms in total. The molecule has 0 heterocycles. The van der Waals surface area contributed by atoms with E-state index in [1.807, 2.05) is 24.3 Å². The van der Waals surface area contributed by atoms with Gasteiger partial charge in [-0.05, 0) is 36.8 Å². The molecule has 0 aliphatic heterocycles. The highest BCUT2D eigenvalue weighted by atomic mass is 32.1. The molecule has 0 atom stereocenters. The summed E-state index contributed by atoms with van der Waals surface area (Å²) in [6.45, 7) is 2.78. The van der Waals surface area contributed by atoms with Crippen LogP contribution in [0.25, 0.3) is 0 Å². The maximum Gasteiger partial charge on any atom is 0.171 e. The molecule has 0 aliphatic carbocycles. The molecule has 0 amide bonds. The predicted octanol–water partition coefficient (Wildman–Crippen LogP) is 3.49. The van der Waals surface area contributed by atoms with Gasteiger partial charge < -0.3 is 15.4 Å². The molecular weight excluding hydrogens is 268 g/mol. The fourth-order valence-corrected chi connectivity index (χ4v) is 1.95. The van der Waals surface area contributed by atoms with Gasteiger partial charge in [0.25, 0.3) is 0 Å². The molecule has 2 aromatic rings. The van der Waals surface area contributed by atoms with E-state index in [1.165, 1.54) is 11.1 Å². The van der Waals surface area contributed by atoms with E-state index in [9.17, 15) is 0 Å². The molecule has 0 fully saturated rings. The number of rotatable bonds is 4. The summed E-state index contributed by atoms with van der Waals surface area (Å²) < 4.78 is 5.17. The second-order valence-corrected chi connectivity index (χ2v) is 4.93. The standard InChI is InChI=1S/C16H18N2OS/c1-12-6-8-13(9-7-12)11-17-16(20)18-14-4-3-5-15(10-14)19-2/h3-10H,11H2,1-2H3,(H2,17,18,20). The third kappa shape index (κ3) is 4.24. The predicted molar refractivity (Wildman–Crippen MR) is 87.2 cm³/mol. The molecule has 2 aromatic carbocycles. The normalized spacial score (nSPS) is 9.90. The van der Waals surface area contributed by atoms with E-state index in [-0.39, 0.29) is 0 Å². The summed E-state index contributed by atoms with van der Waals surface area (Å²) in [5, 5.41) is 6.92. The molecule has 0 saturated heterocycles. The highest BCUT2D eigenvalue weighted by molar-refractivity contribution is 7.80. The summed E-state index contributed by atoms with van der Waals surface area (Å²) in [7, 11) is 1.65. The molecule has 0 unspecified atom stereocenters. The molecule has 2 N–H and O–H groups in total. The van der Waals surface area contributed by atoms with Gasteiger partial charge in [-0.1, -0.05) is 35.9 Å². The van der Waals surface area contributed by atoms with Gasteiger partial charge in [-0.25, -0.2) is 0 Å². The zero-order chi connectivity index (χ0) is 14.4. The first kappa shape index (κ1) is 14.3. The zero-order valence-corrected chi connectivity index (χ0v) is 12.5. The number of nitrogens with one attached hydrogen (secondary N) is 2. The van der Waals surface area contributed by atoms with Crippen LogP contribution in [0.4, 0.5) is 5.69 Å². The lowest BCUT2D eigenvalue weighted by Crippen LogP contribution is -2.27. The van der Waals surface area contributed by atoms with Crippen LogP contribution in [0.3, 0.4) is 0 Å². The van der Waals surface area contributed by atoms with E-state index in [4.69, 9.17) is 17.0 Å². The van der Waals surface area contributed by atoms with Crippen molar-refractivity contribution in [3.63, 3.8) is 0 Å². The third-order valence-electron chi connectivity index (χ3n) is 2.90.